The Bertz CT molecular complexity index is 1270. The van der Waals surface area contributed by atoms with Crippen molar-refractivity contribution in [2.24, 2.45) is 0 Å². The van der Waals surface area contributed by atoms with Crippen LogP contribution in [0, 0.1) is 0 Å². The summed E-state index contributed by atoms with van der Waals surface area (Å²) in [4.78, 5) is 28.9. The number of aliphatic hydroxyl groups excluding tert-OH is 1. The molecule has 35 heavy (non-hydrogen) atoms. The SMILES string of the molecule is CC(C)NC(=O)c1cc(-c2ccc(NC(=O)C(O)c3cccc(C(F)(F)F)c3)cc2Cl)cnc1N. The number of carbonyl (C=O) groups is 2. The summed E-state index contributed by atoms with van der Waals surface area (Å²) in [5.74, 6) is -1.28. The molecule has 1 unspecified atom stereocenters. The Morgan fingerprint density at radius 2 is 1.83 bits per heavy atom. The maximum absolute atomic E-state index is 12.9. The predicted octanol–water partition coefficient (Wildman–Crippen LogP) is 4.81. The standard InChI is InChI=1S/C24H22ClF3N4O3/c1-12(2)31-22(34)18-9-14(11-30-21(18)29)17-7-6-16(10-19(17)25)32-23(35)20(33)13-4-3-5-15(8-13)24(26,27)28/h3-12,20,33H,1-2H3,(H2,29,30)(H,31,34)(H,32,35). The lowest BCUT2D eigenvalue weighted by molar-refractivity contribution is -0.138. The van der Waals surface area contributed by atoms with E-state index in [1.54, 1.807) is 19.9 Å². The summed E-state index contributed by atoms with van der Waals surface area (Å²) in [7, 11) is 0. The van der Waals surface area contributed by atoms with Crippen molar-refractivity contribution in [1.82, 2.24) is 10.3 Å². The minimum Gasteiger partial charge on any atom is -0.383 e. The first kappa shape index (κ1) is 26.0. The highest BCUT2D eigenvalue weighted by atomic mass is 35.5. The Labute approximate surface area is 204 Å². The molecule has 2 amide bonds. The first-order valence-electron chi connectivity index (χ1n) is 10.4. The summed E-state index contributed by atoms with van der Waals surface area (Å²) in [6.45, 7) is 3.61. The maximum Gasteiger partial charge on any atom is 0.416 e. The summed E-state index contributed by atoms with van der Waals surface area (Å²) in [5.41, 5.74) is 6.02. The van der Waals surface area contributed by atoms with Crippen molar-refractivity contribution in [2.45, 2.75) is 32.2 Å². The van der Waals surface area contributed by atoms with Crippen molar-refractivity contribution >= 4 is 34.9 Å². The van der Waals surface area contributed by atoms with Crippen LogP contribution in [0.1, 0.15) is 41.4 Å². The summed E-state index contributed by atoms with van der Waals surface area (Å²) in [6.07, 6.45) is -5.00. The summed E-state index contributed by atoms with van der Waals surface area (Å²) in [5, 5.41) is 15.6. The normalized spacial score (nSPS) is 12.3. The molecule has 11 heteroatoms. The van der Waals surface area contributed by atoms with E-state index in [-0.39, 0.29) is 33.7 Å². The lowest BCUT2D eigenvalue weighted by atomic mass is 10.0. The average Bonchev–Trinajstić information content (AvgIpc) is 2.78. The van der Waals surface area contributed by atoms with Crippen LogP contribution in [-0.4, -0.2) is 27.9 Å². The van der Waals surface area contributed by atoms with Gasteiger partial charge in [0.05, 0.1) is 16.1 Å². The summed E-state index contributed by atoms with van der Waals surface area (Å²) >= 11 is 6.37. The number of amides is 2. The molecular weight excluding hydrogens is 485 g/mol. The molecule has 0 bridgehead atoms. The van der Waals surface area contributed by atoms with E-state index < -0.39 is 29.7 Å². The van der Waals surface area contributed by atoms with Crippen LogP contribution < -0.4 is 16.4 Å². The minimum atomic E-state index is -4.61. The van der Waals surface area contributed by atoms with E-state index in [0.29, 0.717) is 17.2 Å². The van der Waals surface area contributed by atoms with E-state index in [2.05, 4.69) is 15.6 Å². The quantitative estimate of drug-likeness (QED) is 0.382. The number of rotatable bonds is 6. The van der Waals surface area contributed by atoms with Crippen molar-refractivity contribution in [3.05, 3.63) is 76.4 Å². The highest BCUT2D eigenvalue weighted by molar-refractivity contribution is 6.33. The molecule has 0 aliphatic rings. The monoisotopic (exact) mass is 506 g/mol. The van der Waals surface area contributed by atoms with Crippen molar-refractivity contribution in [1.29, 1.82) is 0 Å². The molecule has 1 aromatic heterocycles. The van der Waals surface area contributed by atoms with Gasteiger partial charge in [0.15, 0.2) is 6.10 Å². The second-order valence-corrected chi connectivity index (χ2v) is 8.40. The zero-order valence-electron chi connectivity index (χ0n) is 18.7. The molecule has 0 fully saturated rings. The molecule has 2 aromatic carbocycles. The number of nitrogen functional groups attached to an aromatic ring is 1. The molecule has 1 heterocycles. The molecule has 0 spiro atoms. The van der Waals surface area contributed by atoms with Crippen molar-refractivity contribution in [2.75, 3.05) is 11.1 Å². The molecule has 0 saturated carbocycles. The van der Waals surface area contributed by atoms with E-state index in [0.717, 1.165) is 12.1 Å². The van der Waals surface area contributed by atoms with Crippen LogP contribution >= 0.6 is 11.6 Å². The Morgan fingerprint density at radius 3 is 2.46 bits per heavy atom. The smallest absolute Gasteiger partial charge is 0.383 e. The Morgan fingerprint density at radius 1 is 1.11 bits per heavy atom. The number of aromatic nitrogens is 1. The van der Waals surface area contributed by atoms with E-state index in [9.17, 15) is 27.9 Å². The highest BCUT2D eigenvalue weighted by Gasteiger charge is 2.31. The van der Waals surface area contributed by atoms with Crippen molar-refractivity contribution < 1.29 is 27.9 Å². The number of nitrogens with zero attached hydrogens (tertiary/aromatic N) is 1. The molecule has 7 nitrogen and oxygen atoms in total. The van der Waals surface area contributed by atoms with E-state index in [4.69, 9.17) is 17.3 Å². The van der Waals surface area contributed by atoms with Gasteiger partial charge in [0, 0.05) is 29.1 Å². The third kappa shape index (κ3) is 6.28. The highest BCUT2D eigenvalue weighted by Crippen LogP contribution is 2.33. The number of nitrogens with one attached hydrogen (secondary N) is 2. The number of benzene rings is 2. The number of nitrogens with two attached hydrogens (primary N) is 1. The zero-order chi connectivity index (χ0) is 25.9. The number of hydrogen-bond acceptors (Lipinski definition) is 5. The van der Waals surface area contributed by atoms with Crippen LogP contribution in [0.4, 0.5) is 24.7 Å². The largest absolute Gasteiger partial charge is 0.416 e. The number of halogens is 4. The summed E-state index contributed by atoms with van der Waals surface area (Å²) < 4.78 is 38.8. The van der Waals surface area contributed by atoms with E-state index in [1.807, 2.05) is 0 Å². The number of anilines is 2. The van der Waals surface area contributed by atoms with Gasteiger partial charge in [-0.2, -0.15) is 13.2 Å². The third-order valence-electron chi connectivity index (χ3n) is 4.91. The zero-order valence-corrected chi connectivity index (χ0v) is 19.4. The van der Waals surface area contributed by atoms with E-state index in [1.165, 1.54) is 30.5 Å². The third-order valence-corrected chi connectivity index (χ3v) is 5.22. The van der Waals surface area contributed by atoms with Crippen LogP contribution in [0.25, 0.3) is 11.1 Å². The summed E-state index contributed by atoms with van der Waals surface area (Å²) in [6, 6.07) is 9.76. The topological polar surface area (TPSA) is 117 Å². The molecule has 0 aliphatic carbocycles. The lowest BCUT2D eigenvalue weighted by Gasteiger charge is -2.15. The average molecular weight is 507 g/mol. The number of hydrogen-bond donors (Lipinski definition) is 4. The Balaban J connectivity index is 1.80. The second kappa shape index (κ2) is 10.3. The molecule has 0 aliphatic heterocycles. The first-order chi connectivity index (χ1) is 16.4. The van der Waals surface area contributed by atoms with Crippen LogP contribution in [0.2, 0.25) is 5.02 Å². The Kier molecular flexibility index (Phi) is 7.67. The lowest BCUT2D eigenvalue weighted by Crippen LogP contribution is -2.30. The van der Waals surface area contributed by atoms with Gasteiger partial charge in [-0.1, -0.05) is 29.8 Å². The fourth-order valence-corrected chi connectivity index (χ4v) is 3.51. The minimum absolute atomic E-state index is 0.0514. The fourth-order valence-electron chi connectivity index (χ4n) is 3.22. The van der Waals surface area contributed by atoms with Gasteiger partial charge in [-0.3, -0.25) is 9.59 Å². The molecule has 1 atom stereocenters. The first-order valence-corrected chi connectivity index (χ1v) is 10.8. The van der Waals surface area contributed by atoms with Gasteiger partial charge in [0.25, 0.3) is 11.8 Å². The molecule has 184 valence electrons. The second-order valence-electron chi connectivity index (χ2n) is 7.99. The van der Waals surface area contributed by atoms with Gasteiger partial charge in [0.2, 0.25) is 0 Å². The molecular formula is C24H22ClF3N4O3. The molecule has 0 saturated heterocycles. The van der Waals surface area contributed by atoms with Crippen LogP contribution in [-0.2, 0) is 11.0 Å². The van der Waals surface area contributed by atoms with Crippen LogP contribution in [0.3, 0.4) is 0 Å². The van der Waals surface area contributed by atoms with Crippen molar-refractivity contribution in [3.8, 4) is 11.1 Å². The van der Waals surface area contributed by atoms with Gasteiger partial charge in [-0.15, -0.1) is 0 Å². The Hall–Kier alpha value is -3.63. The molecule has 0 radical (unpaired) electrons. The van der Waals surface area contributed by atoms with E-state index >= 15 is 0 Å². The van der Waals surface area contributed by atoms with Crippen LogP contribution in [0.15, 0.2) is 54.7 Å². The maximum atomic E-state index is 12.9. The van der Waals surface area contributed by atoms with Gasteiger partial charge in [-0.25, -0.2) is 4.98 Å². The van der Waals surface area contributed by atoms with Gasteiger partial charge in [0.1, 0.15) is 5.82 Å². The van der Waals surface area contributed by atoms with Crippen molar-refractivity contribution in [3.63, 3.8) is 0 Å². The number of aliphatic hydroxyl groups is 1. The fraction of sp³-hybridized carbons (Fsp3) is 0.208. The predicted molar refractivity (Wildman–Crippen MR) is 127 cm³/mol. The van der Waals surface area contributed by atoms with Gasteiger partial charge < -0.3 is 21.5 Å². The van der Waals surface area contributed by atoms with Gasteiger partial charge in [-0.05, 0) is 49.7 Å². The number of alkyl halides is 3. The van der Waals surface area contributed by atoms with Gasteiger partial charge >= 0.3 is 6.18 Å². The number of carbonyl (C=O) groups excluding carboxylic acids is 2. The molecule has 5 N–H and O–H groups in total. The molecule has 3 aromatic rings. The number of pyridine rings is 1. The van der Waals surface area contributed by atoms with Crippen LogP contribution in [0.5, 0.6) is 0 Å². The molecule has 3 rings (SSSR count).